The fraction of sp³-hybridized carbons (Fsp3) is 0. The van der Waals surface area contributed by atoms with Gasteiger partial charge >= 0.3 is 6.97 Å². The molecule has 0 saturated carbocycles. The van der Waals surface area contributed by atoms with Gasteiger partial charge in [-0.15, -0.1) is 0 Å². The number of aromatic nitrogens is 2. The van der Waals surface area contributed by atoms with Crippen molar-refractivity contribution in [2.24, 2.45) is 0 Å². The number of oxazole rings is 1. The quantitative estimate of drug-likeness (QED) is 0.665. The highest BCUT2D eigenvalue weighted by Gasteiger charge is 2.54. The maximum absolute atomic E-state index is 14.9. The summed E-state index contributed by atoms with van der Waals surface area (Å²) < 4.78 is 37.3. The van der Waals surface area contributed by atoms with Crippen molar-refractivity contribution in [2.45, 2.75) is 0 Å². The monoisotopic (exact) mass is 415 g/mol. The maximum Gasteiger partial charge on any atom is 0.738 e. The van der Waals surface area contributed by atoms with E-state index in [4.69, 9.17) is 4.42 Å². The zero-order valence-electron chi connectivity index (χ0n) is 10.3. The molecule has 2 aliphatic rings. The van der Waals surface area contributed by atoms with Crippen molar-refractivity contribution in [3.63, 3.8) is 0 Å². The van der Waals surface area contributed by atoms with E-state index in [0.717, 1.165) is 8.96 Å². The number of hydrogen-bond acceptors (Lipinski definition) is 2. The third kappa shape index (κ3) is 1.64. The van der Waals surface area contributed by atoms with E-state index in [0.29, 0.717) is 31.9 Å². The second-order valence-electron chi connectivity index (χ2n) is 4.66. The summed E-state index contributed by atoms with van der Waals surface area (Å²) in [6.07, 6.45) is 5.98. The van der Waals surface area contributed by atoms with E-state index >= 15 is 0 Å². The van der Waals surface area contributed by atoms with Gasteiger partial charge in [-0.3, -0.25) is 0 Å². The zero-order valence-corrected chi connectivity index (χ0v) is 13.5. The first-order chi connectivity index (χ1) is 10.0. The summed E-state index contributed by atoms with van der Waals surface area (Å²) in [7, 11) is 0. The second-order valence-corrected chi connectivity index (χ2v) is 6.28. The standard InChI is InChI=1S/C12H6BBr2F2N3O/c14-10-3-1-8-12(7-5-21-6-18-7)9-2-4-11(15)20(9)13(16,17)19(8)10/h1-6H. The van der Waals surface area contributed by atoms with Gasteiger partial charge in [0.15, 0.2) is 12.1 Å². The number of allylic oxidation sites excluding steroid dienone is 2. The third-order valence-electron chi connectivity index (χ3n) is 3.56. The Balaban J connectivity index is 2.14. The van der Waals surface area contributed by atoms with Gasteiger partial charge in [-0.05, 0) is 28.1 Å². The molecule has 0 bridgehead atoms. The van der Waals surface area contributed by atoms with Crippen LogP contribution >= 0.6 is 31.9 Å². The highest BCUT2D eigenvalue weighted by atomic mass is 79.9. The first-order valence-corrected chi connectivity index (χ1v) is 7.62. The molecular formula is C12H6BBr2F2N3O. The predicted octanol–water partition coefficient (Wildman–Crippen LogP) is 3.61. The van der Waals surface area contributed by atoms with Crippen LogP contribution in [0.1, 0.15) is 11.4 Å². The number of fused-ring (bicyclic) bond motifs is 2. The van der Waals surface area contributed by atoms with E-state index in [-0.39, 0.29) is 0 Å². The van der Waals surface area contributed by atoms with E-state index in [1.165, 1.54) is 12.7 Å². The van der Waals surface area contributed by atoms with Gasteiger partial charge in [-0.25, -0.2) is 4.98 Å². The molecule has 0 aromatic carbocycles. The summed E-state index contributed by atoms with van der Waals surface area (Å²) >= 11 is 6.39. The topological polar surface area (TPSA) is 34.0 Å². The Kier molecular flexibility index (Phi) is 2.68. The van der Waals surface area contributed by atoms with Crippen molar-refractivity contribution in [1.29, 1.82) is 0 Å². The predicted molar refractivity (Wildman–Crippen MR) is 81.4 cm³/mol. The molecule has 4 heterocycles. The zero-order chi connectivity index (χ0) is 14.8. The number of halogens is 4. The van der Waals surface area contributed by atoms with E-state index in [1.807, 2.05) is 0 Å². The van der Waals surface area contributed by atoms with E-state index in [9.17, 15) is 8.63 Å². The summed E-state index contributed by atoms with van der Waals surface area (Å²) in [5, 5.41) is 0. The van der Waals surface area contributed by atoms with Crippen LogP contribution in [-0.4, -0.2) is 25.5 Å². The molecule has 4 nitrogen and oxygen atoms in total. The van der Waals surface area contributed by atoms with Gasteiger partial charge in [0, 0.05) is 33.8 Å². The smallest absolute Gasteiger partial charge is 0.451 e. The number of nitrogens with zero attached hydrogens (tertiary/aromatic N) is 3. The molecular weight excluding hydrogens is 411 g/mol. The second kappa shape index (κ2) is 4.26. The first kappa shape index (κ1) is 13.2. The lowest BCUT2D eigenvalue weighted by Gasteiger charge is -2.31. The first-order valence-electron chi connectivity index (χ1n) is 6.04. The van der Waals surface area contributed by atoms with Gasteiger partial charge in [0.2, 0.25) is 4.62 Å². The van der Waals surface area contributed by atoms with Crippen LogP contribution in [0.5, 0.6) is 0 Å². The van der Waals surface area contributed by atoms with Crippen molar-refractivity contribution in [1.82, 2.24) is 9.46 Å². The summed E-state index contributed by atoms with van der Waals surface area (Å²) in [6.45, 7) is -3.99. The number of hydrogen-bond donors (Lipinski definition) is 0. The van der Waals surface area contributed by atoms with E-state index < -0.39 is 6.97 Å². The van der Waals surface area contributed by atoms with Crippen LogP contribution in [0, 0.1) is 0 Å². The van der Waals surface area contributed by atoms with Crippen LogP contribution in [0.4, 0.5) is 8.63 Å². The summed E-state index contributed by atoms with van der Waals surface area (Å²) in [4.78, 5) is 4.11. The molecule has 9 heteroatoms. The molecule has 106 valence electrons. The van der Waals surface area contributed by atoms with Gasteiger partial charge in [-0.2, -0.15) is 0 Å². The van der Waals surface area contributed by atoms with Crippen LogP contribution in [-0.2, 0) is 0 Å². The maximum atomic E-state index is 14.9. The average molecular weight is 417 g/mol. The Morgan fingerprint density at radius 1 is 1.24 bits per heavy atom. The summed E-state index contributed by atoms with van der Waals surface area (Å²) in [6, 6.07) is 3.25. The van der Waals surface area contributed by atoms with Gasteiger partial charge in [0.1, 0.15) is 12.0 Å². The summed E-state index contributed by atoms with van der Waals surface area (Å²) in [5.41, 5.74) is 1.92. The largest absolute Gasteiger partial charge is 0.738 e. The minimum atomic E-state index is -3.99. The Bertz CT molecular complexity index is 852. The molecule has 0 N–H and O–H groups in total. The summed E-state index contributed by atoms with van der Waals surface area (Å²) in [5.74, 6) is 0. The van der Waals surface area contributed by atoms with E-state index in [1.54, 1.807) is 24.3 Å². The van der Waals surface area contributed by atoms with Crippen molar-refractivity contribution < 1.29 is 17.5 Å². The lowest BCUT2D eigenvalue weighted by molar-refractivity contribution is -0.358. The lowest BCUT2D eigenvalue weighted by Crippen LogP contribution is -2.50. The molecule has 0 aliphatic carbocycles. The van der Waals surface area contributed by atoms with Crippen LogP contribution in [0.3, 0.4) is 0 Å². The van der Waals surface area contributed by atoms with Gasteiger partial charge in [0.25, 0.3) is 0 Å². The molecule has 0 unspecified atom stereocenters. The fourth-order valence-electron chi connectivity index (χ4n) is 2.73. The lowest BCUT2D eigenvalue weighted by atomic mass is 9.88. The van der Waals surface area contributed by atoms with Crippen LogP contribution < -0.4 is 0 Å². The Morgan fingerprint density at radius 2 is 2.05 bits per heavy atom. The van der Waals surface area contributed by atoms with Gasteiger partial charge in [0.05, 0.1) is 10.2 Å². The van der Waals surface area contributed by atoms with Crippen LogP contribution in [0.15, 0.2) is 51.7 Å². The Morgan fingerprint density at radius 3 is 2.76 bits per heavy atom. The highest BCUT2D eigenvalue weighted by Crippen LogP contribution is 2.41. The molecule has 0 fully saturated rings. The highest BCUT2D eigenvalue weighted by molar-refractivity contribution is 9.18. The molecule has 0 saturated heterocycles. The Hall–Kier alpha value is -1.48. The fourth-order valence-corrected chi connectivity index (χ4v) is 3.87. The molecule has 0 radical (unpaired) electrons. The van der Waals surface area contributed by atoms with Crippen molar-refractivity contribution in [2.75, 3.05) is 0 Å². The average Bonchev–Trinajstić information content (AvgIpc) is 3.11. The molecule has 2 aliphatic heterocycles. The molecule has 2 aromatic rings. The van der Waals surface area contributed by atoms with Gasteiger partial charge < -0.3 is 22.0 Å². The molecule has 0 amide bonds. The number of rotatable bonds is 1. The SMILES string of the molecule is F[B-]1(F)n2c(Br)ccc2C(c2cocn2)=C2C=CC(Br)=[N+]21. The van der Waals surface area contributed by atoms with Crippen molar-refractivity contribution in [3.8, 4) is 0 Å². The van der Waals surface area contributed by atoms with Gasteiger partial charge in [-0.1, -0.05) is 0 Å². The Labute approximate surface area is 134 Å². The minimum absolute atomic E-state index is 0.315. The van der Waals surface area contributed by atoms with Crippen molar-refractivity contribution >= 4 is 49.0 Å². The van der Waals surface area contributed by atoms with Crippen molar-refractivity contribution in [3.05, 3.63) is 58.6 Å². The van der Waals surface area contributed by atoms with E-state index in [2.05, 4.69) is 36.8 Å². The molecule has 0 spiro atoms. The molecule has 21 heavy (non-hydrogen) atoms. The molecule has 4 rings (SSSR count). The normalized spacial score (nSPS) is 19.2. The third-order valence-corrected chi connectivity index (χ3v) is 4.85. The molecule has 2 aromatic heterocycles. The molecule has 0 atom stereocenters. The minimum Gasteiger partial charge on any atom is -0.451 e. The van der Waals surface area contributed by atoms with Crippen LogP contribution in [0.2, 0.25) is 0 Å². The van der Waals surface area contributed by atoms with Crippen LogP contribution in [0.25, 0.3) is 5.57 Å².